The molecule has 3 rings (SSSR count). The molecule has 0 aromatic heterocycles. The van der Waals surface area contributed by atoms with Crippen molar-refractivity contribution in [1.82, 2.24) is 5.32 Å². The van der Waals surface area contributed by atoms with E-state index < -0.39 is 0 Å². The van der Waals surface area contributed by atoms with Crippen LogP contribution in [-0.4, -0.2) is 10.0 Å². The Labute approximate surface area is 163 Å². The lowest BCUT2D eigenvalue weighted by molar-refractivity contribution is -0.384. The number of nitrogens with one attached hydrogen (secondary N) is 2. The highest BCUT2D eigenvalue weighted by Gasteiger charge is 2.13. The first-order valence-corrected chi connectivity index (χ1v) is 8.88. The Hall–Kier alpha value is -3.25. The summed E-state index contributed by atoms with van der Waals surface area (Å²) in [7, 11) is 0. The molecule has 0 amide bonds. The molecule has 0 spiro atoms. The molecule has 0 aliphatic rings. The van der Waals surface area contributed by atoms with E-state index in [9.17, 15) is 10.1 Å². The standard InChI is InChI=1S/C21H19N3O2S/c1-15-6-8-16(9-7-15)14-22-21(27)23-18-12-10-17(11-13-18)19-4-2-3-5-20(19)24(25)26/h2-13H,14H2,1H3,(H2,22,23,27). The quantitative estimate of drug-likeness (QED) is 0.370. The Morgan fingerprint density at radius 2 is 1.67 bits per heavy atom. The molecular weight excluding hydrogens is 358 g/mol. The molecule has 0 saturated heterocycles. The summed E-state index contributed by atoms with van der Waals surface area (Å²) in [6.45, 7) is 2.69. The first-order valence-electron chi connectivity index (χ1n) is 8.47. The smallest absolute Gasteiger partial charge is 0.277 e. The van der Waals surface area contributed by atoms with Gasteiger partial charge in [-0.2, -0.15) is 0 Å². The normalized spacial score (nSPS) is 10.3. The van der Waals surface area contributed by atoms with Gasteiger partial charge in [0.2, 0.25) is 0 Å². The molecule has 0 aliphatic carbocycles. The first kappa shape index (κ1) is 18.5. The molecule has 0 bridgehead atoms. The number of nitro benzene ring substituents is 1. The third-order valence-corrected chi connectivity index (χ3v) is 4.37. The number of aryl methyl sites for hydroxylation is 1. The molecule has 0 fully saturated rings. The molecule has 27 heavy (non-hydrogen) atoms. The van der Waals surface area contributed by atoms with Crippen LogP contribution in [0.4, 0.5) is 11.4 Å². The van der Waals surface area contributed by atoms with Crippen molar-refractivity contribution in [2.24, 2.45) is 0 Å². The molecule has 0 radical (unpaired) electrons. The van der Waals surface area contributed by atoms with Gasteiger partial charge < -0.3 is 10.6 Å². The van der Waals surface area contributed by atoms with Crippen LogP contribution >= 0.6 is 12.2 Å². The molecule has 3 aromatic rings. The van der Waals surface area contributed by atoms with Gasteiger partial charge in [0.25, 0.3) is 5.69 Å². The molecule has 2 N–H and O–H groups in total. The van der Waals surface area contributed by atoms with Crippen LogP contribution < -0.4 is 10.6 Å². The summed E-state index contributed by atoms with van der Waals surface area (Å²) >= 11 is 5.33. The predicted octanol–water partition coefficient (Wildman–Crippen LogP) is 5.06. The highest BCUT2D eigenvalue weighted by molar-refractivity contribution is 7.80. The van der Waals surface area contributed by atoms with Gasteiger partial charge in [-0.15, -0.1) is 0 Å². The summed E-state index contributed by atoms with van der Waals surface area (Å²) in [4.78, 5) is 10.8. The minimum Gasteiger partial charge on any atom is -0.358 e. The summed E-state index contributed by atoms with van der Waals surface area (Å²) in [6.07, 6.45) is 0. The van der Waals surface area contributed by atoms with E-state index in [1.165, 1.54) is 11.6 Å². The average Bonchev–Trinajstić information content (AvgIpc) is 2.68. The fourth-order valence-corrected chi connectivity index (χ4v) is 2.86. The zero-order chi connectivity index (χ0) is 19.2. The van der Waals surface area contributed by atoms with Crippen molar-refractivity contribution in [3.05, 3.63) is 94.0 Å². The molecule has 5 nitrogen and oxygen atoms in total. The van der Waals surface area contributed by atoms with Crippen LogP contribution in [-0.2, 0) is 6.54 Å². The summed E-state index contributed by atoms with van der Waals surface area (Å²) in [6, 6.07) is 22.3. The third-order valence-electron chi connectivity index (χ3n) is 4.13. The number of thiocarbonyl (C=S) groups is 1. The second-order valence-corrected chi connectivity index (χ2v) is 6.55. The Bertz CT molecular complexity index is 954. The maximum absolute atomic E-state index is 11.2. The number of para-hydroxylation sites is 1. The van der Waals surface area contributed by atoms with E-state index in [2.05, 4.69) is 41.8 Å². The van der Waals surface area contributed by atoms with Gasteiger partial charge in [-0.05, 0) is 48.5 Å². The van der Waals surface area contributed by atoms with Crippen molar-refractivity contribution in [2.45, 2.75) is 13.5 Å². The van der Waals surface area contributed by atoms with Crippen LogP contribution in [0.5, 0.6) is 0 Å². The second-order valence-electron chi connectivity index (χ2n) is 6.14. The molecule has 3 aromatic carbocycles. The van der Waals surface area contributed by atoms with Crippen molar-refractivity contribution >= 4 is 28.7 Å². The Morgan fingerprint density at radius 1 is 1.00 bits per heavy atom. The first-order chi connectivity index (χ1) is 13.0. The van der Waals surface area contributed by atoms with Gasteiger partial charge in [-0.25, -0.2) is 0 Å². The molecule has 0 saturated carbocycles. The third kappa shape index (κ3) is 4.89. The van der Waals surface area contributed by atoms with E-state index in [-0.39, 0.29) is 10.6 Å². The van der Waals surface area contributed by atoms with E-state index in [0.717, 1.165) is 16.8 Å². The molecular formula is C21H19N3O2S. The minimum absolute atomic E-state index is 0.0912. The van der Waals surface area contributed by atoms with Crippen LogP contribution in [0.25, 0.3) is 11.1 Å². The highest BCUT2D eigenvalue weighted by atomic mass is 32.1. The van der Waals surface area contributed by atoms with Gasteiger partial charge in [-0.1, -0.05) is 54.1 Å². The fraction of sp³-hybridized carbons (Fsp3) is 0.0952. The number of nitrogens with zero attached hydrogens (tertiary/aromatic N) is 1. The van der Waals surface area contributed by atoms with Gasteiger partial charge in [0.15, 0.2) is 5.11 Å². The molecule has 0 heterocycles. The second kappa shape index (κ2) is 8.42. The molecule has 0 aliphatic heterocycles. The Balaban J connectivity index is 1.63. The van der Waals surface area contributed by atoms with Crippen LogP contribution in [0.3, 0.4) is 0 Å². The zero-order valence-electron chi connectivity index (χ0n) is 14.8. The maximum atomic E-state index is 11.2. The summed E-state index contributed by atoms with van der Waals surface area (Å²) < 4.78 is 0. The SMILES string of the molecule is Cc1ccc(CNC(=S)Nc2ccc(-c3ccccc3[N+](=O)[O-])cc2)cc1. The lowest BCUT2D eigenvalue weighted by Crippen LogP contribution is -2.27. The van der Waals surface area contributed by atoms with E-state index in [0.29, 0.717) is 17.2 Å². The lowest BCUT2D eigenvalue weighted by atomic mass is 10.0. The van der Waals surface area contributed by atoms with Crippen LogP contribution in [0, 0.1) is 17.0 Å². The predicted molar refractivity (Wildman–Crippen MR) is 113 cm³/mol. The van der Waals surface area contributed by atoms with Crippen LogP contribution in [0.2, 0.25) is 0 Å². The van der Waals surface area contributed by atoms with Crippen molar-refractivity contribution in [3.8, 4) is 11.1 Å². The van der Waals surface area contributed by atoms with Crippen molar-refractivity contribution in [2.75, 3.05) is 5.32 Å². The van der Waals surface area contributed by atoms with Gasteiger partial charge in [0.1, 0.15) is 0 Å². The number of nitro groups is 1. The lowest BCUT2D eigenvalue weighted by Gasteiger charge is -2.11. The minimum atomic E-state index is -0.369. The number of benzene rings is 3. The summed E-state index contributed by atoms with van der Waals surface area (Å²) in [5.41, 5.74) is 4.66. The van der Waals surface area contributed by atoms with Gasteiger partial charge >= 0.3 is 0 Å². The van der Waals surface area contributed by atoms with Crippen molar-refractivity contribution in [3.63, 3.8) is 0 Å². The average molecular weight is 377 g/mol. The topological polar surface area (TPSA) is 67.2 Å². The monoisotopic (exact) mass is 377 g/mol. The number of anilines is 1. The van der Waals surface area contributed by atoms with Gasteiger partial charge in [0, 0.05) is 18.3 Å². The highest BCUT2D eigenvalue weighted by Crippen LogP contribution is 2.30. The van der Waals surface area contributed by atoms with E-state index in [1.54, 1.807) is 18.2 Å². The largest absolute Gasteiger partial charge is 0.358 e. The molecule has 6 heteroatoms. The van der Waals surface area contributed by atoms with E-state index >= 15 is 0 Å². The summed E-state index contributed by atoms with van der Waals surface area (Å²) in [5, 5.41) is 18.0. The van der Waals surface area contributed by atoms with Crippen molar-refractivity contribution < 1.29 is 4.92 Å². The zero-order valence-corrected chi connectivity index (χ0v) is 15.6. The maximum Gasteiger partial charge on any atom is 0.277 e. The Morgan fingerprint density at radius 3 is 2.33 bits per heavy atom. The van der Waals surface area contributed by atoms with Gasteiger partial charge in [0.05, 0.1) is 10.5 Å². The van der Waals surface area contributed by atoms with Crippen LogP contribution in [0.1, 0.15) is 11.1 Å². The van der Waals surface area contributed by atoms with Crippen LogP contribution in [0.15, 0.2) is 72.8 Å². The number of rotatable bonds is 5. The fourth-order valence-electron chi connectivity index (χ4n) is 2.67. The van der Waals surface area contributed by atoms with Gasteiger partial charge in [-0.3, -0.25) is 10.1 Å². The van der Waals surface area contributed by atoms with E-state index in [1.807, 2.05) is 24.3 Å². The molecule has 136 valence electrons. The number of hydrogen-bond acceptors (Lipinski definition) is 3. The van der Waals surface area contributed by atoms with E-state index in [4.69, 9.17) is 12.2 Å². The Kier molecular flexibility index (Phi) is 5.78. The number of hydrogen-bond donors (Lipinski definition) is 2. The summed E-state index contributed by atoms with van der Waals surface area (Å²) in [5.74, 6) is 0. The molecule has 0 unspecified atom stereocenters. The van der Waals surface area contributed by atoms with Crippen molar-refractivity contribution in [1.29, 1.82) is 0 Å². The molecule has 0 atom stereocenters.